The Morgan fingerprint density at radius 3 is 2.62 bits per heavy atom. The number of rotatable bonds is 6. The Morgan fingerprint density at radius 2 is 1.95 bits per heavy atom. The maximum Gasteiger partial charge on any atom is 0.0743 e. The van der Waals surface area contributed by atoms with Gasteiger partial charge in [-0.15, -0.1) is 0 Å². The highest BCUT2D eigenvalue weighted by Gasteiger charge is 2.28. The number of aliphatic hydroxyl groups is 1. The molecule has 0 aliphatic heterocycles. The second-order valence-electron chi connectivity index (χ2n) is 6.11. The summed E-state index contributed by atoms with van der Waals surface area (Å²) in [6.45, 7) is 5.35. The molecule has 2 N–H and O–H groups in total. The summed E-state index contributed by atoms with van der Waals surface area (Å²) in [5, 5.41) is 13.9. The summed E-state index contributed by atoms with van der Waals surface area (Å²) >= 11 is 0. The van der Waals surface area contributed by atoms with Crippen molar-refractivity contribution in [2.75, 3.05) is 18.5 Å². The lowest BCUT2D eigenvalue weighted by molar-refractivity contribution is 0.106. The van der Waals surface area contributed by atoms with Gasteiger partial charge in [0.1, 0.15) is 0 Å². The second kappa shape index (κ2) is 7.81. The summed E-state index contributed by atoms with van der Waals surface area (Å²) in [6, 6.07) is 9.26. The molecular weight excluding hydrogens is 260 g/mol. The third kappa shape index (κ3) is 3.78. The summed E-state index contributed by atoms with van der Waals surface area (Å²) < 4.78 is 0. The van der Waals surface area contributed by atoms with Crippen molar-refractivity contribution in [2.24, 2.45) is 0 Å². The first-order chi connectivity index (χ1) is 10.2. The zero-order valence-corrected chi connectivity index (χ0v) is 13.7. The van der Waals surface area contributed by atoms with Crippen molar-refractivity contribution in [3.8, 4) is 0 Å². The zero-order valence-electron chi connectivity index (χ0n) is 13.7. The van der Waals surface area contributed by atoms with Crippen molar-refractivity contribution in [3.05, 3.63) is 29.8 Å². The average Bonchev–Trinajstić information content (AvgIpc) is 2.52. The lowest BCUT2D eigenvalue weighted by Crippen LogP contribution is -2.44. The monoisotopic (exact) mass is 290 g/mol. The van der Waals surface area contributed by atoms with Crippen molar-refractivity contribution in [1.29, 1.82) is 0 Å². The van der Waals surface area contributed by atoms with Gasteiger partial charge in [0.2, 0.25) is 0 Å². The molecule has 3 atom stereocenters. The van der Waals surface area contributed by atoms with Crippen LogP contribution in [0.4, 0.5) is 5.69 Å². The Morgan fingerprint density at radius 1 is 1.24 bits per heavy atom. The predicted octanol–water partition coefficient (Wildman–Crippen LogP) is 3.49. The van der Waals surface area contributed by atoms with Crippen LogP contribution in [0.1, 0.15) is 57.6 Å². The number of benzene rings is 1. The molecule has 21 heavy (non-hydrogen) atoms. The van der Waals surface area contributed by atoms with Gasteiger partial charge in [0.05, 0.1) is 12.1 Å². The van der Waals surface area contributed by atoms with Crippen molar-refractivity contribution in [2.45, 2.75) is 64.1 Å². The Balaban J connectivity index is 2.25. The molecule has 1 aromatic rings. The van der Waals surface area contributed by atoms with E-state index in [0.717, 1.165) is 32.2 Å². The van der Waals surface area contributed by atoms with Crippen molar-refractivity contribution < 1.29 is 5.11 Å². The first kappa shape index (κ1) is 16.3. The largest absolute Gasteiger partial charge is 0.391 e. The van der Waals surface area contributed by atoms with Gasteiger partial charge in [0.25, 0.3) is 0 Å². The third-order valence-electron chi connectivity index (χ3n) is 4.74. The molecule has 0 aromatic heterocycles. The number of para-hydroxylation sites is 1. The van der Waals surface area contributed by atoms with Crippen molar-refractivity contribution >= 4 is 5.69 Å². The van der Waals surface area contributed by atoms with Crippen LogP contribution < -0.4 is 10.2 Å². The van der Waals surface area contributed by atoms with Crippen LogP contribution in [0.5, 0.6) is 0 Å². The zero-order chi connectivity index (χ0) is 15.2. The standard InChI is InChI=1S/C18H30N2O/c1-4-15(19-5-2)14-10-6-7-11-16(14)20(3)17-12-8-9-13-18(17)21/h6-7,10-11,15,17-19,21H,4-5,8-9,12-13H2,1-3H3. The molecule has 3 heteroatoms. The molecule has 118 valence electrons. The number of aliphatic hydroxyl groups excluding tert-OH is 1. The summed E-state index contributed by atoms with van der Waals surface area (Å²) in [6.07, 6.45) is 5.27. The molecule has 0 heterocycles. The molecular formula is C18H30N2O. The van der Waals surface area contributed by atoms with Crippen LogP contribution in [-0.4, -0.2) is 30.8 Å². The number of nitrogens with one attached hydrogen (secondary N) is 1. The molecule has 1 aromatic carbocycles. The minimum atomic E-state index is -0.198. The summed E-state index contributed by atoms with van der Waals surface area (Å²) in [7, 11) is 2.14. The lowest BCUT2D eigenvalue weighted by atomic mass is 9.90. The van der Waals surface area contributed by atoms with Crippen LogP contribution in [0.25, 0.3) is 0 Å². The molecule has 2 rings (SSSR count). The number of anilines is 1. The highest BCUT2D eigenvalue weighted by molar-refractivity contribution is 5.55. The van der Waals surface area contributed by atoms with Crippen molar-refractivity contribution in [3.63, 3.8) is 0 Å². The quantitative estimate of drug-likeness (QED) is 0.842. The molecule has 1 aliphatic rings. The van der Waals surface area contributed by atoms with Gasteiger partial charge in [-0.2, -0.15) is 0 Å². The van der Waals surface area contributed by atoms with Crippen LogP contribution >= 0.6 is 0 Å². The van der Waals surface area contributed by atoms with Gasteiger partial charge in [-0.05, 0) is 37.4 Å². The minimum Gasteiger partial charge on any atom is -0.391 e. The fraction of sp³-hybridized carbons (Fsp3) is 0.667. The lowest BCUT2D eigenvalue weighted by Gasteiger charge is -2.38. The number of likely N-dealkylation sites (N-methyl/N-ethyl adjacent to an activating group) is 1. The van der Waals surface area contributed by atoms with E-state index >= 15 is 0 Å². The molecule has 0 radical (unpaired) electrons. The smallest absolute Gasteiger partial charge is 0.0743 e. The second-order valence-corrected chi connectivity index (χ2v) is 6.11. The highest BCUT2D eigenvalue weighted by atomic mass is 16.3. The summed E-state index contributed by atoms with van der Waals surface area (Å²) in [5.74, 6) is 0. The number of hydrogen-bond acceptors (Lipinski definition) is 3. The van der Waals surface area contributed by atoms with Crippen LogP contribution in [0.3, 0.4) is 0 Å². The molecule has 3 nitrogen and oxygen atoms in total. The SMILES string of the molecule is CCNC(CC)c1ccccc1N(C)C1CCCCC1O. The van der Waals surface area contributed by atoms with Gasteiger partial charge in [0, 0.05) is 18.8 Å². The molecule has 0 amide bonds. The Hall–Kier alpha value is -1.06. The van der Waals surface area contributed by atoms with Gasteiger partial charge in [0.15, 0.2) is 0 Å². The molecule has 0 saturated heterocycles. The fourth-order valence-electron chi connectivity index (χ4n) is 3.55. The van der Waals surface area contributed by atoms with E-state index in [9.17, 15) is 5.11 Å². The maximum absolute atomic E-state index is 10.3. The van der Waals surface area contributed by atoms with Crippen LogP contribution in [-0.2, 0) is 0 Å². The van der Waals surface area contributed by atoms with Crippen molar-refractivity contribution in [1.82, 2.24) is 5.32 Å². The Labute approximate surface area is 129 Å². The van der Waals surface area contributed by atoms with Crippen LogP contribution in [0, 0.1) is 0 Å². The Kier molecular flexibility index (Phi) is 6.07. The molecule has 1 saturated carbocycles. The first-order valence-electron chi connectivity index (χ1n) is 8.42. The van der Waals surface area contributed by atoms with Gasteiger partial charge in [-0.1, -0.05) is 44.9 Å². The molecule has 0 spiro atoms. The van der Waals surface area contributed by atoms with E-state index < -0.39 is 0 Å². The van der Waals surface area contributed by atoms with Crippen LogP contribution in [0.2, 0.25) is 0 Å². The van der Waals surface area contributed by atoms with E-state index in [-0.39, 0.29) is 12.1 Å². The fourth-order valence-corrected chi connectivity index (χ4v) is 3.55. The molecule has 1 aliphatic carbocycles. The van der Waals surface area contributed by atoms with Gasteiger partial charge in [-0.25, -0.2) is 0 Å². The summed E-state index contributed by atoms with van der Waals surface area (Å²) in [5.41, 5.74) is 2.61. The molecule has 1 fully saturated rings. The normalized spacial score (nSPS) is 23.8. The molecule has 0 bridgehead atoms. The average molecular weight is 290 g/mol. The van der Waals surface area contributed by atoms with E-state index in [4.69, 9.17) is 0 Å². The van der Waals surface area contributed by atoms with E-state index in [1.54, 1.807) is 0 Å². The maximum atomic E-state index is 10.3. The third-order valence-corrected chi connectivity index (χ3v) is 4.74. The summed E-state index contributed by atoms with van der Waals surface area (Å²) in [4.78, 5) is 2.30. The number of nitrogens with zero attached hydrogens (tertiary/aromatic N) is 1. The molecule has 3 unspecified atom stereocenters. The predicted molar refractivity (Wildman–Crippen MR) is 89.8 cm³/mol. The van der Waals surface area contributed by atoms with Crippen LogP contribution in [0.15, 0.2) is 24.3 Å². The number of hydrogen-bond donors (Lipinski definition) is 2. The van der Waals surface area contributed by atoms with E-state index in [0.29, 0.717) is 6.04 Å². The van der Waals surface area contributed by atoms with E-state index in [1.807, 2.05) is 0 Å². The van der Waals surface area contributed by atoms with Gasteiger partial charge >= 0.3 is 0 Å². The van der Waals surface area contributed by atoms with Gasteiger partial charge < -0.3 is 15.3 Å². The minimum absolute atomic E-state index is 0.198. The highest BCUT2D eigenvalue weighted by Crippen LogP contribution is 2.32. The first-order valence-corrected chi connectivity index (χ1v) is 8.42. The van der Waals surface area contributed by atoms with Gasteiger partial charge in [-0.3, -0.25) is 0 Å². The Bertz CT molecular complexity index is 435. The van der Waals surface area contributed by atoms with E-state index in [1.165, 1.54) is 17.7 Å². The van der Waals surface area contributed by atoms with E-state index in [2.05, 4.69) is 55.4 Å². The topological polar surface area (TPSA) is 35.5 Å².